The molecule has 12 aromatic rings. The molecule has 0 saturated carbocycles. The van der Waals surface area contributed by atoms with Crippen LogP contribution in [0.5, 0.6) is 0 Å². The van der Waals surface area contributed by atoms with Gasteiger partial charge in [-0.3, -0.25) is 0 Å². The van der Waals surface area contributed by atoms with Crippen molar-refractivity contribution in [3.8, 4) is 66.8 Å². The zero-order chi connectivity index (χ0) is 46.4. The summed E-state index contributed by atoms with van der Waals surface area (Å²) in [6.07, 6.45) is 0. The number of anilines is 3. The minimum absolute atomic E-state index is 0.203. The molecule has 0 atom stereocenters. The Labute approximate surface area is 409 Å². The molecule has 0 aromatic heterocycles. The van der Waals surface area contributed by atoms with E-state index in [0.29, 0.717) is 0 Å². The summed E-state index contributed by atoms with van der Waals surface area (Å²) in [6, 6.07) is 102. The second kappa shape index (κ2) is 17.6. The van der Waals surface area contributed by atoms with Crippen LogP contribution in [-0.4, -0.2) is 0 Å². The Morgan fingerprint density at radius 3 is 1.04 bits per heavy atom. The molecule has 0 saturated heterocycles. The van der Waals surface area contributed by atoms with Crippen molar-refractivity contribution >= 4 is 38.6 Å². The summed E-state index contributed by atoms with van der Waals surface area (Å²) >= 11 is 0. The fraction of sp³-hybridized carbons (Fsp3) is 0.0145. The van der Waals surface area contributed by atoms with E-state index in [4.69, 9.17) is 0 Å². The van der Waals surface area contributed by atoms with Crippen LogP contribution in [0.1, 0.15) is 22.6 Å². The molecule has 0 radical (unpaired) electrons. The van der Waals surface area contributed by atoms with Crippen LogP contribution in [0.2, 0.25) is 0 Å². The summed E-state index contributed by atoms with van der Waals surface area (Å²) < 4.78 is 0. The monoisotopic (exact) mass is 889 g/mol. The Kier molecular flexibility index (Phi) is 10.3. The smallest absolute Gasteiger partial charge is 0.0462 e. The van der Waals surface area contributed by atoms with Crippen molar-refractivity contribution in [3.05, 3.63) is 296 Å². The molecule has 70 heavy (non-hydrogen) atoms. The normalized spacial score (nSPS) is 11.9. The van der Waals surface area contributed by atoms with Crippen LogP contribution in [-0.2, 0) is 0 Å². The van der Waals surface area contributed by atoms with E-state index >= 15 is 0 Å². The summed E-state index contributed by atoms with van der Waals surface area (Å²) in [5, 5.41) is 5.03. The molecular formula is C69H47N. The van der Waals surface area contributed by atoms with E-state index in [0.717, 1.165) is 17.1 Å². The standard InChI is InChI=1S/C69H47N/c1-3-24-61-50(14-1)16-12-30-63(61)55-21-9-18-52(44-55)47-32-38-58(39-33-47)70(59-40-34-48(35-41-59)53-19-10-22-56(45-53)64-31-13-17-51-15-2-4-25-62(51)64)60-42-36-49(37-43-60)54-20-11-23-57(46-54)69-67-28-7-5-26-65(67)66-27-6-8-29-68(66)69/h1-46,69H. The molecule has 0 bridgehead atoms. The number of hydrogen-bond acceptors (Lipinski definition) is 1. The zero-order valence-corrected chi connectivity index (χ0v) is 38.6. The molecular weight excluding hydrogens is 843 g/mol. The molecule has 0 fully saturated rings. The van der Waals surface area contributed by atoms with E-state index in [9.17, 15) is 0 Å². The van der Waals surface area contributed by atoms with Gasteiger partial charge in [-0.15, -0.1) is 0 Å². The predicted octanol–water partition coefficient (Wildman–Crippen LogP) is 19.0. The first-order chi connectivity index (χ1) is 34.7. The van der Waals surface area contributed by atoms with Gasteiger partial charge in [-0.05, 0) is 154 Å². The lowest BCUT2D eigenvalue weighted by Crippen LogP contribution is -2.09. The lowest BCUT2D eigenvalue weighted by molar-refractivity contribution is 1.02. The second-order valence-corrected chi connectivity index (χ2v) is 18.4. The molecule has 0 heterocycles. The lowest BCUT2D eigenvalue weighted by Gasteiger charge is -2.26. The second-order valence-electron chi connectivity index (χ2n) is 18.4. The van der Waals surface area contributed by atoms with Gasteiger partial charge in [0.1, 0.15) is 0 Å². The van der Waals surface area contributed by atoms with E-state index < -0.39 is 0 Å². The third-order valence-corrected chi connectivity index (χ3v) is 14.4. The van der Waals surface area contributed by atoms with E-state index in [2.05, 4.69) is 284 Å². The van der Waals surface area contributed by atoms with Crippen LogP contribution >= 0.6 is 0 Å². The van der Waals surface area contributed by atoms with Crippen molar-refractivity contribution in [2.45, 2.75) is 5.92 Å². The molecule has 1 heteroatoms. The highest BCUT2D eigenvalue weighted by Gasteiger charge is 2.29. The Morgan fingerprint density at radius 1 is 0.229 bits per heavy atom. The van der Waals surface area contributed by atoms with Crippen LogP contribution in [0.25, 0.3) is 88.3 Å². The van der Waals surface area contributed by atoms with Crippen molar-refractivity contribution in [2.24, 2.45) is 0 Å². The summed E-state index contributed by atoms with van der Waals surface area (Å²) in [7, 11) is 0. The molecule has 328 valence electrons. The highest BCUT2D eigenvalue weighted by Crippen LogP contribution is 2.48. The topological polar surface area (TPSA) is 3.24 Å². The Bertz CT molecular complexity index is 3660. The van der Waals surface area contributed by atoms with Crippen LogP contribution < -0.4 is 4.90 Å². The largest absolute Gasteiger partial charge is 0.311 e. The van der Waals surface area contributed by atoms with Crippen molar-refractivity contribution in [3.63, 3.8) is 0 Å². The highest BCUT2D eigenvalue weighted by atomic mass is 15.1. The van der Waals surface area contributed by atoms with Gasteiger partial charge in [0.05, 0.1) is 0 Å². The van der Waals surface area contributed by atoms with Crippen molar-refractivity contribution < 1.29 is 0 Å². The van der Waals surface area contributed by atoms with Gasteiger partial charge in [-0.25, -0.2) is 0 Å². The van der Waals surface area contributed by atoms with E-state index in [1.54, 1.807) is 0 Å². The van der Waals surface area contributed by atoms with Gasteiger partial charge >= 0.3 is 0 Å². The van der Waals surface area contributed by atoms with Gasteiger partial charge in [0.2, 0.25) is 0 Å². The van der Waals surface area contributed by atoms with E-state index in [1.807, 2.05) is 0 Å². The van der Waals surface area contributed by atoms with Crippen molar-refractivity contribution in [2.75, 3.05) is 4.90 Å². The molecule has 13 rings (SSSR count). The van der Waals surface area contributed by atoms with Crippen LogP contribution in [0.3, 0.4) is 0 Å². The maximum atomic E-state index is 2.39. The average molecular weight is 890 g/mol. The lowest BCUT2D eigenvalue weighted by atomic mass is 9.88. The minimum atomic E-state index is 0.203. The van der Waals surface area contributed by atoms with E-state index in [1.165, 1.54) is 105 Å². The highest BCUT2D eigenvalue weighted by molar-refractivity contribution is 5.98. The quantitative estimate of drug-likeness (QED) is 0.140. The summed E-state index contributed by atoms with van der Waals surface area (Å²) in [5.41, 5.74) is 22.1. The van der Waals surface area contributed by atoms with Gasteiger partial charge in [0.15, 0.2) is 0 Å². The number of rotatable bonds is 9. The number of benzene rings is 12. The van der Waals surface area contributed by atoms with Gasteiger partial charge < -0.3 is 4.90 Å². The van der Waals surface area contributed by atoms with Crippen LogP contribution in [0.4, 0.5) is 17.1 Å². The molecule has 1 aliphatic rings. The average Bonchev–Trinajstić information content (AvgIpc) is 3.78. The predicted molar refractivity (Wildman–Crippen MR) is 296 cm³/mol. The number of nitrogens with zero attached hydrogens (tertiary/aromatic N) is 1. The molecule has 0 unspecified atom stereocenters. The Morgan fingerprint density at radius 2 is 0.571 bits per heavy atom. The molecule has 1 aliphatic carbocycles. The molecule has 0 aliphatic heterocycles. The Balaban J connectivity index is 0.851. The Hall–Kier alpha value is -9.04. The SMILES string of the molecule is c1cc(-c2ccc(N(c3ccc(-c4cccc(-c5cccc6ccccc56)c4)cc3)c3ccc(-c4cccc(C5c6ccccc6-c6ccccc65)c4)cc3)cc2)cc(-c2cccc3ccccc23)c1. The zero-order valence-electron chi connectivity index (χ0n) is 38.6. The molecule has 0 N–H and O–H groups in total. The third kappa shape index (κ3) is 7.46. The molecule has 12 aromatic carbocycles. The van der Waals surface area contributed by atoms with Crippen molar-refractivity contribution in [1.82, 2.24) is 0 Å². The maximum absolute atomic E-state index is 2.39. The maximum Gasteiger partial charge on any atom is 0.0462 e. The minimum Gasteiger partial charge on any atom is -0.311 e. The number of hydrogen-bond donors (Lipinski definition) is 0. The van der Waals surface area contributed by atoms with Gasteiger partial charge in [0.25, 0.3) is 0 Å². The van der Waals surface area contributed by atoms with Gasteiger partial charge in [-0.1, -0.05) is 231 Å². The molecule has 0 amide bonds. The van der Waals surface area contributed by atoms with Crippen LogP contribution in [0, 0.1) is 0 Å². The molecule has 1 nitrogen and oxygen atoms in total. The first kappa shape index (κ1) is 41.2. The summed E-state index contributed by atoms with van der Waals surface area (Å²) in [6.45, 7) is 0. The fourth-order valence-electron chi connectivity index (χ4n) is 11.0. The summed E-state index contributed by atoms with van der Waals surface area (Å²) in [4.78, 5) is 2.37. The number of fused-ring (bicyclic) bond motifs is 5. The van der Waals surface area contributed by atoms with Crippen LogP contribution in [0.15, 0.2) is 279 Å². The molecule has 0 spiro atoms. The first-order valence-electron chi connectivity index (χ1n) is 24.3. The van der Waals surface area contributed by atoms with Crippen molar-refractivity contribution in [1.29, 1.82) is 0 Å². The van der Waals surface area contributed by atoms with Gasteiger partial charge in [-0.2, -0.15) is 0 Å². The third-order valence-electron chi connectivity index (χ3n) is 14.4. The fourth-order valence-corrected chi connectivity index (χ4v) is 11.0. The van der Waals surface area contributed by atoms with Gasteiger partial charge in [0, 0.05) is 23.0 Å². The van der Waals surface area contributed by atoms with E-state index in [-0.39, 0.29) is 5.92 Å². The summed E-state index contributed by atoms with van der Waals surface area (Å²) in [5.74, 6) is 0.203. The first-order valence-corrected chi connectivity index (χ1v) is 24.3.